The number of halogens is 1. The number of nitrogens with one attached hydrogen (secondary N) is 1. The van der Waals surface area contributed by atoms with E-state index < -0.39 is 28.7 Å². The molecule has 0 unspecified atom stereocenters. The summed E-state index contributed by atoms with van der Waals surface area (Å²) in [7, 11) is -1.17. The zero-order chi connectivity index (χ0) is 24.6. The molecule has 0 fully saturated rings. The number of hydrogen-bond donors (Lipinski definition) is 1. The summed E-state index contributed by atoms with van der Waals surface area (Å²) in [5.74, 6) is -0.845. The van der Waals surface area contributed by atoms with Gasteiger partial charge in [0.2, 0.25) is 11.8 Å². The number of carbonyl (C=O) groups is 2. The van der Waals surface area contributed by atoms with Crippen molar-refractivity contribution >= 4 is 39.3 Å². The SMILES string of the molecule is CCCNC(=O)[C@@H](C)N(Cc1ccccc1Cl)C(=O)CN(c1ccccc1)S(=O)(=O)N(C)C. The Labute approximate surface area is 201 Å². The average Bonchev–Trinajstić information content (AvgIpc) is 2.80. The fraction of sp³-hybridized carbons (Fsp3) is 0.391. The molecule has 0 aliphatic heterocycles. The Morgan fingerprint density at radius 1 is 1.03 bits per heavy atom. The second kappa shape index (κ2) is 12.0. The Morgan fingerprint density at radius 3 is 2.21 bits per heavy atom. The highest BCUT2D eigenvalue weighted by Gasteiger charge is 2.32. The molecule has 0 aliphatic rings. The van der Waals surface area contributed by atoms with E-state index in [0.717, 1.165) is 15.0 Å². The first-order chi connectivity index (χ1) is 15.6. The second-order valence-corrected chi connectivity index (χ2v) is 10.2. The average molecular weight is 495 g/mol. The molecule has 180 valence electrons. The van der Waals surface area contributed by atoms with E-state index >= 15 is 0 Å². The Balaban J connectivity index is 2.42. The van der Waals surface area contributed by atoms with Gasteiger partial charge in [0.05, 0.1) is 5.69 Å². The third-order valence-electron chi connectivity index (χ3n) is 5.08. The number of hydrogen-bond acceptors (Lipinski definition) is 4. The molecule has 2 amide bonds. The number of amides is 2. The van der Waals surface area contributed by atoms with Gasteiger partial charge in [0.1, 0.15) is 12.6 Å². The van der Waals surface area contributed by atoms with E-state index in [1.165, 1.54) is 19.0 Å². The highest BCUT2D eigenvalue weighted by molar-refractivity contribution is 7.90. The first-order valence-corrected chi connectivity index (χ1v) is 12.4. The fourth-order valence-corrected chi connectivity index (χ4v) is 4.35. The molecule has 0 aliphatic carbocycles. The van der Waals surface area contributed by atoms with Crippen LogP contribution in [0, 0.1) is 0 Å². The first kappa shape index (κ1) is 26.6. The number of rotatable bonds is 11. The molecule has 0 saturated carbocycles. The van der Waals surface area contributed by atoms with Crippen molar-refractivity contribution in [1.29, 1.82) is 0 Å². The van der Waals surface area contributed by atoms with Crippen LogP contribution >= 0.6 is 11.6 Å². The lowest BCUT2D eigenvalue weighted by atomic mass is 10.1. The summed E-state index contributed by atoms with van der Waals surface area (Å²) < 4.78 is 28.1. The van der Waals surface area contributed by atoms with E-state index in [0.29, 0.717) is 22.8 Å². The van der Waals surface area contributed by atoms with Gasteiger partial charge < -0.3 is 10.2 Å². The van der Waals surface area contributed by atoms with Gasteiger partial charge in [-0.25, -0.2) is 4.31 Å². The molecule has 0 spiro atoms. The summed E-state index contributed by atoms with van der Waals surface area (Å²) >= 11 is 6.31. The van der Waals surface area contributed by atoms with Gasteiger partial charge in [0.15, 0.2) is 0 Å². The Morgan fingerprint density at radius 2 is 1.64 bits per heavy atom. The predicted molar refractivity (Wildman–Crippen MR) is 131 cm³/mol. The van der Waals surface area contributed by atoms with Crippen LogP contribution in [-0.4, -0.2) is 62.7 Å². The Kier molecular flexibility index (Phi) is 9.70. The highest BCUT2D eigenvalue weighted by Crippen LogP contribution is 2.22. The largest absolute Gasteiger partial charge is 0.354 e. The number of para-hydroxylation sites is 1. The van der Waals surface area contributed by atoms with Crippen molar-refractivity contribution in [3.05, 3.63) is 65.2 Å². The highest BCUT2D eigenvalue weighted by atomic mass is 35.5. The molecule has 0 heterocycles. The summed E-state index contributed by atoms with van der Waals surface area (Å²) in [4.78, 5) is 27.6. The molecule has 2 rings (SSSR count). The Hall–Kier alpha value is -2.62. The molecule has 1 atom stereocenters. The molecule has 2 aromatic rings. The van der Waals surface area contributed by atoms with E-state index in [-0.39, 0.29) is 12.5 Å². The number of anilines is 1. The molecule has 0 aromatic heterocycles. The fourth-order valence-electron chi connectivity index (χ4n) is 3.10. The van der Waals surface area contributed by atoms with Crippen LogP contribution in [0.4, 0.5) is 5.69 Å². The van der Waals surface area contributed by atoms with Gasteiger partial charge in [0, 0.05) is 32.2 Å². The van der Waals surface area contributed by atoms with Gasteiger partial charge in [-0.1, -0.05) is 54.9 Å². The zero-order valence-corrected chi connectivity index (χ0v) is 20.9. The van der Waals surface area contributed by atoms with E-state index in [2.05, 4.69) is 5.32 Å². The van der Waals surface area contributed by atoms with Crippen molar-refractivity contribution < 1.29 is 18.0 Å². The molecule has 1 N–H and O–H groups in total. The molecular formula is C23H31ClN4O4S. The first-order valence-electron chi connectivity index (χ1n) is 10.6. The van der Waals surface area contributed by atoms with E-state index in [1.807, 2.05) is 6.92 Å². The van der Waals surface area contributed by atoms with E-state index in [4.69, 9.17) is 11.6 Å². The summed E-state index contributed by atoms with van der Waals surface area (Å²) in [5.41, 5.74) is 1.00. The van der Waals surface area contributed by atoms with Gasteiger partial charge >= 0.3 is 10.2 Å². The number of carbonyl (C=O) groups excluding carboxylic acids is 2. The van der Waals surface area contributed by atoms with Crippen molar-refractivity contribution in [2.45, 2.75) is 32.9 Å². The minimum absolute atomic E-state index is 0.0594. The topological polar surface area (TPSA) is 90.0 Å². The lowest BCUT2D eigenvalue weighted by Gasteiger charge is -2.33. The predicted octanol–water partition coefficient (Wildman–Crippen LogP) is 2.90. The second-order valence-electron chi connectivity index (χ2n) is 7.71. The maximum atomic E-state index is 13.5. The molecular weight excluding hydrogens is 464 g/mol. The molecule has 8 nitrogen and oxygen atoms in total. The van der Waals surface area contributed by atoms with E-state index in [9.17, 15) is 18.0 Å². The standard InChI is InChI=1S/C23H31ClN4O4S/c1-5-15-25-23(30)18(2)27(16-19-11-9-10-14-21(19)24)22(29)17-28(33(31,32)26(3)4)20-12-7-6-8-13-20/h6-14,18H,5,15-17H2,1-4H3,(H,25,30)/t18-/m1/s1. The number of benzene rings is 2. The summed E-state index contributed by atoms with van der Waals surface area (Å²) in [6.45, 7) is 3.61. The smallest absolute Gasteiger partial charge is 0.304 e. The molecule has 0 saturated heterocycles. The van der Waals surface area contributed by atoms with Crippen molar-refractivity contribution in [3.63, 3.8) is 0 Å². The lowest BCUT2D eigenvalue weighted by molar-refractivity contribution is -0.139. The molecule has 10 heteroatoms. The minimum atomic E-state index is -3.97. The molecule has 0 radical (unpaired) electrons. The maximum Gasteiger partial charge on any atom is 0.304 e. The van der Waals surface area contributed by atoms with Crippen LogP contribution in [0.15, 0.2) is 54.6 Å². The van der Waals surface area contributed by atoms with Crippen LogP contribution in [-0.2, 0) is 26.3 Å². The third-order valence-corrected chi connectivity index (χ3v) is 7.27. The van der Waals surface area contributed by atoms with Gasteiger partial charge in [-0.3, -0.25) is 9.59 Å². The van der Waals surface area contributed by atoms with Gasteiger partial charge in [0.25, 0.3) is 0 Å². The zero-order valence-electron chi connectivity index (χ0n) is 19.4. The van der Waals surface area contributed by atoms with E-state index in [1.54, 1.807) is 61.5 Å². The monoisotopic (exact) mass is 494 g/mol. The normalized spacial score (nSPS) is 12.3. The summed E-state index contributed by atoms with van der Waals surface area (Å²) in [6.07, 6.45) is 0.750. The lowest BCUT2D eigenvalue weighted by Crippen LogP contribution is -2.52. The van der Waals surface area contributed by atoms with Crippen LogP contribution in [0.5, 0.6) is 0 Å². The van der Waals surface area contributed by atoms with Gasteiger partial charge in [-0.05, 0) is 37.1 Å². The number of nitrogens with zero attached hydrogens (tertiary/aromatic N) is 3. The van der Waals surface area contributed by atoms with Crippen LogP contribution in [0.25, 0.3) is 0 Å². The summed E-state index contributed by atoms with van der Waals surface area (Å²) in [6, 6.07) is 14.6. The Bertz CT molecular complexity index is 1050. The minimum Gasteiger partial charge on any atom is -0.354 e. The quantitative estimate of drug-likeness (QED) is 0.520. The third kappa shape index (κ3) is 6.93. The molecule has 0 bridgehead atoms. The summed E-state index contributed by atoms with van der Waals surface area (Å²) in [5, 5.41) is 3.25. The van der Waals surface area contributed by atoms with Crippen LogP contribution in [0.3, 0.4) is 0 Å². The van der Waals surface area contributed by atoms with Crippen LogP contribution in [0.2, 0.25) is 5.02 Å². The van der Waals surface area contributed by atoms with Crippen LogP contribution < -0.4 is 9.62 Å². The molecule has 2 aromatic carbocycles. The maximum absolute atomic E-state index is 13.5. The van der Waals surface area contributed by atoms with Crippen LogP contribution in [0.1, 0.15) is 25.8 Å². The van der Waals surface area contributed by atoms with Crippen molar-refractivity contribution in [2.75, 3.05) is 31.5 Å². The van der Waals surface area contributed by atoms with Crippen molar-refractivity contribution in [1.82, 2.24) is 14.5 Å². The van der Waals surface area contributed by atoms with Gasteiger partial charge in [-0.15, -0.1) is 0 Å². The van der Waals surface area contributed by atoms with Crippen molar-refractivity contribution in [2.24, 2.45) is 0 Å². The van der Waals surface area contributed by atoms with Gasteiger partial charge in [-0.2, -0.15) is 12.7 Å². The van der Waals surface area contributed by atoms with Crippen molar-refractivity contribution in [3.8, 4) is 0 Å². The molecule has 33 heavy (non-hydrogen) atoms.